The quantitative estimate of drug-likeness (QED) is 0.867. The smallest absolute Gasteiger partial charge is 0.322 e. The van der Waals surface area contributed by atoms with Crippen LogP contribution in [0.25, 0.3) is 5.69 Å². The highest BCUT2D eigenvalue weighted by Crippen LogP contribution is 2.17. The second-order valence-corrected chi connectivity index (χ2v) is 4.95. The fourth-order valence-corrected chi connectivity index (χ4v) is 2.35. The molecule has 2 aromatic rings. The molecular formula is C16H20N2O2. The molecule has 1 aromatic heterocycles. The number of nitrogens with zero attached hydrogens (tertiary/aromatic N) is 1. The fraction of sp³-hybridized carbons (Fsp3) is 0.312. The summed E-state index contributed by atoms with van der Waals surface area (Å²) in [5.41, 5.74) is 10.3. The van der Waals surface area contributed by atoms with Gasteiger partial charge in [0.2, 0.25) is 0 Å². The van der Waals surface area contributed by atoms with Crippen molar-refractivity contribution < 1.29 is 9.53 Å². The fourth-order valence-electron chi connectivity index (χ4n) is 2.35. The first-order chi connectivity index (χ1) is 9.52. The Bertz CT molecular complexity index is 580. The van der Waals surface area contributed by atoms with Gasteiger partial charge in [0.1, 0.15) is 6.04 Å². The van der Waals surface area contributed by atoms with E-state index in [-0.39, 0.29) is 5.97 Å². The molecule has 4 heteroatoms. The highest BCUT2D eigenvalue weighted by molar-refractivity contribution is 5.75. The molecule has 20 heavy (non-hydrogen) atoms. The third-order valence-electron chi connectivity index (χ3n) is 3.43. The van der Waals surface area contributed by atoms with E-state index in [0.29, 0.717) is 6.42 Å². The standard InChI is InChI=1S/C16H20N2O2/c1-11-4-5-12(2)18(11)14-8-6-13(7-9-14)10-15(17)16(19)20-3/h4-9,15H,10,17H2,1-3H3. The molecule has 0 spiro atoms. The van der Waals surface area contributed by atoms with Gasteiger partial charge < -0.3 is 15.0 Å². The average Bonchev–Trinajstić information content (AvgIpc) is 2.78. The van der Waals surface area contributed by atoms with Gasteiger partial charge in [0.15, 0.2) is 0 Å². The zero-order valence-corrected chi connectivity index (χ0v) is 12.1. The second kappa shape index (κ2) is 5.92. The molecule has 2 N–H and O–H groups in total. The van der Waals surface area contributed by atoms with Crippen LogP contribution in [0.3, 0.4) is 0 Å². The lowest BCUT2D eigenvalue weighted by molar-refractivity contribution is -0.142. The number of nitrogens with two attached hydrogens (primary N) is 1. The van der Waals surface area contributed by atoms with E-state index in [1.807, 2.05) is 24.3 Å². The summed E-state index contributed by atoms with van der Waals surface area (Å²) in [5, 5.41) is 0. The van der Waals surface area contributed by atoms with Crippen molar-refractivity contribution in [3.63, 3.8) is 0 Å². The van der Waals surface area contributed by atoms with E-state index in [9.17, 15) is 4.79 Å². The number of rotatable bonds is 4. The van der Waals surface area contributed by atoms with Gasteiger partial charge in [-0.2, -0.15) is 0 Å². The van der Waals surface area contributed by atoms with E-state index >= 15 is 0 Å². The molecule has 1 aromatic carbocycles. The Morgan fingerprint density at radius 1 is 1.15 bits per heavy atom. The number of aryl methyl sites for hydroxylation is 2. The van der Waals surface area contributed by atoms with Gasteiger partial charge in [0.05, 0.1) is 7.11 Å². The van der Waals surface area contributed by atoms with E-state index in [2.05, 4.69) is 35.3 Å². The topological polar surface area (TPSA) is 57.2 Å². The molecule has 0 amide bonds. The number of hydrogen-bond acceptors (Lipinski definition) is 3. The lowest BCUT2D eigenvalue weighted by Crippen LogP contribution is -2.33. The first-order valence-electron chi connectivity index (χ1n) is 6.60. The maximum atomic E-state index is 11.3. The monoisotopic (exact) mass is 272 g/mol. The minimum Gasteiger partial charge on any atom is -0.468 e. The Kier molecular flexibility index (Phi) is 4.25. The van der Waals surface area contributed by atoms with Crippen LogP contribution in [0, 0.1) is 13.8 Å². The van der Waals surface area contributed by atoms with Crippen molar-refractivity contribution in [2.24, 2.45) is 5.73 Å². The van der Waals surface area contributed by atoms with Crippen LogP contribution in [0.15, 0.2) is 36.4 Å². The van der Waals surface area contributed by atoms with Crippen LogP contribution in [0.4, 0.5) is 0 Å². The number of ether oxygens (including phenoxy) is 1. The zero-order chi connectivity index (χ0) is 14.7. The highest BCUT2D eigenvalue weighted by atomic mass is 16.5. The first-order valence-corrected chi connectivity index (χ1v) is 6.60. The van der Waals surface area contributed by atoms with E-state index in [4.69, 9.17) is 5.73 Å². The SMILES string of the molecule is COC(=O)C(N)Cc1ccc(-n2c(C)ccc2C)cc1. The summed E-state index contributed by atoms with van der Waals surface area (Å²) in [5.74, 6) is -0.383. The lowest BCUT2D eigenvalue weighted by Gasteiger charge is -2.12. The molecule has 0 saturated carbocycles. The molecule has 4 nitrogen and oxygen atoms in total. The molecule has 0 aliphatic rings. The summed E-state index contributed by atoms with van der Waals surface area (Å²) < 4.78 is 6.81. The van der Waals surface area contributed by atoms with Crippen LogP contribution in [0.1, 0.15) is 17.0 Å². The van der Waals surface area contributed by atoms with Gasteiger partial charge in [-0.15, -0.1) is 0 Å². The molecular weight excluding hydrogens is 252 g/mol. The van der Waals surface area contributed by atoms with E-state index < -0.39 is 6.04 Å². The number of carbonyl (C=O) groups excluding carboxylic acids is 1. The van der Waals surface area contributed by atoms with Gasteiger partial charge in [0, 0.05) is 17.1 Å². The maximum Gasteiger partial charge on any atom is 0.322 e. The molecule has 2 rings (SSSR count). The van der Waals surface area contributed by atoms with Crippen molar-refractivity contribution in [1.82, 2.24) is 4.57 Å². The number of aromatic nitrogens is 1. The van der Waals surface area contributed by atoms with Crippen molar-refractivity contribution in [1.29, 1.82) is 0 Å². The molecule has 0 saturated heterocycles. The maximum absolute atomic E-state index is 11.3. The van der Waals surface area contributed by atoms with Crippen LogP contribution in [-0.2, 0) is 16.0 Å². The minimum absolute atomic E-state index is 0.383. The van der Waals surface area contributed by atoms with Crippen molar-refractivity contribution in [3.05, 3.63) is 53.3 Å². The summed E-state index contributed by atoms with van der Waals surface area (Å²) in [6, 6.07) is 11.7. The molecule has 0 aliphatic heterocycles. The summed E-state index contributed by atoms with van der Waals surface area (Å²) >= 11 is 0. The van der Waals surface area contributed by atoms with Crippen molar-refractivity contribution in [3.8, 4) is 5.69 Å². The van der Waals surface area contributed by atoms with Gasteiger partial charge in [-0.3, -0.25) is 4.79 Å². The second-order valence-electron chi connectivity index (χ2n) is 4.95. The van der Waals surface area contributed by atoms with Crippen molar-refractivity contribution in [2.75, 3.05) is 7.11 Å². The predicted octanol–water partition coefficient (Wildman–Crippen LogP) is 2.14. The van der Waals surface area contributed by atoms with Crippen molar-refractivity contribution in [2.45, 2.75) is 26.3 Å². The van der Waals surface area contributed by atoms with Gasteiger partial charge in [-0.25, -0.2) is 0 Å². The van der Waals surface area contributed by atoms with Crippen LogP contribution in [0.2, 0.25) is 0 Å². The van der Waals surface area contributed by atoms with Crippen LogP contribution < -0.4 is 5.73 Å². The van der Waals surface area contributed by atoms with Crippen molar-refractivity contribution >= 4 is 5.97 Å². The molecule has 0 fully saturated rings. The Morgan fingerprint density at radius 2 is 1.70 bits per heavy atom. The van der Waals surface area contributed by atoms with E-state index in [1.165, 1.54) is 18.5 Å². The number of methoxy groups -OCH3 is 1. The summed E-state index contributed by atoms with van der Waals surface area (Å²) in [6.07, 6.45) is 0.483. The molecule has 0 radical (unpaired) electrons. The normalized spacial score (nSPS) is 12.2. The predicted molar refractivity (Wildman–Crippen MR) is 78.9 cm³/mol. The van der Waals surface area contributed by atoms with Crippen LogP contribution in [0.5, 0.6) is 0 Å². The third kappa shape index (κ3) is 2.91. The summed E-state index contributed by atoms with van der Waals surface area (Å²) in [7, 11) is 1.35. The molecule has 106 valence electrons. The number of hydrogen-bond donors (Lipinski definition) is 1. The molecule has 1 heterocycles. The third-order valence-corrected chi connectivity index (χ3v) is 3.43. The Morgan fingerprint density at radius 3 is 2.20 bits per heavy atom. The molecule has 0 bridgehead atoms. The number of carbonyl (C=O) groups is 1. The van der Waals surface area contributed by atoms with Gasteiger partial charge in [0.25, 0.3) is 0 Å². The average molecular weight is 272 g/mol. The molecule has 1 unspecified atom stereocenters. The van der Waals surface area contributed by atoms with Gasteiger partial charge >= 0.3 is 5.97 Å². The Labute approximate surface area is 119 Å². The molecule has 0 aliphatic carbocycles. The Hall–Kier alpha value is -2.07. The Balaban J connectivity index is 2.17. The summed E-state index contributed by atoms with van der Waals surface area (Å²) in [6.45, 7) is 4.15. The zero-order valence-electron chi connectivity index (χ0n) is 12.1. The highest BCUT2D eigenvalue weighted by Gasteiger charge is 2.14. The minimum atomic E-state index is -0.610. The largest absolute Gasteiger partial charge is 0.468 e. The number of benzene rings is 1. The summed E-state index contributed by atoms with van der Waals surface area (Å²) in [4.78, 5) is 11.3. The van der Waals surface area contributed by atoms with Crippen LogP contribution >= 0.6 is 0 Å². The molecule has 1 atom stereocenters. The van der Waals surface area contributed by atoms with Gasteiger partial charge in [-0.1, -0.05) is 12.1 Å². The lowest BCUT2D eigenvalue weighted by atomic mass is 10.1. The van der Waals surface area contributed by atoms with Gasteiger partial charge in [-0.05, 0) is 50.1 Å². The van der Waals surface area contributed by atoms with Crippen LogP contribution in [-0.4, -0.2) is 23.7 Å². The number of esters is 1. The van der Waals surface area contributed by atoms with E-state index in [0.717, 1.165) is 11.3 Å². The first kappa shape index (κ1) is 14.3. The van der Waals surface area contributed by atoms with E-state index in [1.54, 1.807) is 0 Å².